The predicted molar refractivity (Wildman–Crippen MR) is 54.9 cm³/mol. The molecule has 1 heterocycles. The third kappa shape index (κ3) is 4.12. The van der Waals surface area contributed by atoms with Crippen molar-refractivity contribution in [2.45, 2.75) is 39.3 Å². The summed E-state index contributed by atoms with van der Waals surface area (Å²) in [5.74, 6) is -0.147. The van der Waals surface area contributed by atoms with Gasteiger partial charge >= 0.3 is 5.97 Å². The van der Waals surface area contributed by atoms with Gasteiger partial charge in [0.2, 0.25) is 0 Å². The summed E-state index contributed by atoms with van der Waals surface area (Å²) < 4.78 is 7.15. The van der Waals surface area contributed by atoms with Crippen molar-refractivity contribution >= 4 is 5.97 Å². The van der Waals surface area contributed by atoms with E-state index in [0.717, 1.165) is 0 Å². The van der Waals surface area contributed by atoms with Crippen molar-refractivity contribution in [2.75, 3.05) is 0 Å². The Morgan fingerprint density at radius 3 is 2.36 bits per heavy atom. The lowest BCUT2D eigenvalue weighted by Crippen LogP contribution is -2.24. The van der Waals surface area contributed by atoms with Crippen LogP contribution in [0.1, 0.15) is 27.2 Å². The Balaban J connectivity index is 2.29. The van der Waals surface area contributed by atoms with E-state index in [1.54, 1.807) is 0 Å². The molecular formula is C11H17NO2. The number of aryl methyl sites for hydroxylation is 1. The van der Waals surface area contributed by atoms with Gasteiger partial charge in [0.05, 0.1) is 6.42 Å². The van der Waals surface area contributed by atoms with Crippen LogP contribution >= 0.6 is 0 Å². The highest BCUT2D eigenvalue weighted by atomic mass is 16.6. The van der Waals surface area contributed by atoms with Gasteiger partial charge in [0, 0.05) is 18.9 Å². The second kappa shape index (κ2) is 4.31. The first-order valence-electron chi connectivity index (χ1n) is 4.80. The van der Waals surface area contributed by atoms with Gasteiger partial charge in [-0.1, -0.05) is 0 Å². The van der Waals surface area contributed by atoms with E-state index >= 15 is 0 Å². The van der Waals surface area contributed by atoms with E-state index in [1.165, 1.54) is 0 Å². The van der Waals surface area contributed by atoms with Crippen molar-refractivity contribution in [2.24, 2.45) is 0 Å². The van der Waals surface area contributed by atoms with Gasteiger partial charge in [0.1, 0.15) is 5.60 Å². The molecule has 3 nitrogen and oxygen atoms in total. The van der Waals surface area contributed by atoms with E-state index in [-0.39, 0.29) is 11.6 Å². The Morgan fingerprint density at radius 2 is 1.86 bits per heavy atom. The molecule has 14 heavy (non-hydrogen) atoms. The fraction of sp³-hybridized carbons (Fsp3) is 0.545. The van der Waals surface area contributed by atoms with E-state index < -0.39 is 0 Å². The summed E-state index contributed by atoms with van der Waals surface area (Å²) in [7, 11) is 0. The number of carbonyl (C=O) groups is 1. The Labute approximate surface area is 84.7 Å². The fourth-order valence-corrected chi connectivity index (χ4v) is 1.13. The summed E-state index contributed by atoms with van der Waals surface area (Å²) >= 11 is 0. The molecular weight excluding hydrogens is 178 g/mol. The molecule has 0 radical (unpaired) electrons. The van der Waals surface area contributed by atoms with Gasteiger partial charge in [-0.2, -0.15) is 0 Å². The van der Waals surface area contributed by atoms with Crippen LogP contribution < -0.4 is 0 Å². The summed E-state index contributed by atoms with van der Waals surface area (Å²) in [4.78, 5) is 11.3. The van der Waals surface area contributed by atoms with E-state index in [0.29, 0.717) is 13.0 Å². The van der Waals surface area contributed by atoms with Crippen molar-refractivity contribution in [1.29, 1.82) is 0 Å². The normalized spacial score (nSPS) is 11.4. The summed E-state index contributed by atoms with van der Waals surface area (Å²) in [6, 6.07) is 3.88. The number of hydrogen-bond donors (Lipinski definition) is 0. The van der Waals surface area contributed by atoms with E-state index in [1.807, 2.05) is 49.9 Å². The molecule has 0 atom stereocenters. The minimum Gasteiger partial charge on any atom is -0.460 e. The van der Waals surface area contributed by atoms with Crippen LogP contribution in [0.5, 0.6) is 0 Å². The number of esters is 1. The van der Waals surface area contributed by atoms with Gasteiger partial charge in [0.15, 0.2) is 0 Å². The van der Waals surface area contributed by atoms with Gasteiger partial charge < -0.3 is 9.30 Å². The van der Waals surface area contributed by atoms with Crippen LogP contribution in [-0.2, 0) is 16.1 Å². The molecule has 0 saturated carbocycles. The standard InChI is InChI=1S/C11H17NO2/c1-11(2,3)14-10(13)6-9-12-7-4-5-8-12/h4-5,7-8H,6,9H2,1-3H3. The molecule has 0 unspecified atom stereocenters. The predicted octanol–water partition coefficient (Wildman–Crippen LogP) is 2.22. The zero-order chi connectivity index (χ0) is 10.6. The van der Waals surface area contributed by atoms with Crippen LogP contribution in [0.25, 0.3) is 0 Å². The highest BCUT2D eigenvalue weighted by Gasteiger charge is 2.15. The van der Waals surface area contributed by atoms with Crippen LogP contribution in [-0.4, -0.2) is 16.1 Å². The third-order valence-electron chi connectivity index (χ3n) is 1.66. The molecule has 1 rings (SSSR count). The van der Waals surface area contributed by atoms with Crippen LogP contribution in [0.4, 0.5) is 0 Å². The quantitative estimate of drug-likeness (QED) is 0.692. The lowest BCUT2D eigenvalue weighted by atomic mass is 10.2. The molecule has 0 bridgehead atoms. The molecule has 0 spiro atoms. The van der Waals surface area contributed by atoms with Gasteiger partial charge in [-0.3, -0.25) is 4.79 Å². The second-order valence-corrected chi connectivity index (χ2v) is 4.26. The average Bonchev–Trinajstić information content (AvgIpc) is 2.49. The molecule has 0 aliphatic rings. The van der Waals surface area contributed by atoms with E-state index in [9.17, 15) is 4.79 Å². The fourth-order valence-electron chi connectivity index (χ4n) is 1.13. The molecule has 1 aromatic rings. The molecule has 0 amide bonds. The van der Waals surface area contributed by atoms with Crippen molar-refractivity contribution in [3.8, 4) is 0 Å². The minimum absolute atomic E-state index is 0.147. The van der Waals surface area contributed by atoms with Gasteiger partial charge in [0.25, 0.3) is 0 Å². The largest absolute Gasteiger partial charge is 0.460 e. The van der Waals surface area contributed by atoms with Crippen LogP contribution in [0.3, 0.4) is 0 Å². The highest BCUT2D eigenvalue weighted by molar-refractivity contribution is 5.69. The Morgan fingerprint density at radius 1 is 1.29 bits per heavy atom. The van der Waals surface area contributed by atoms with Gasteiger partial charge in [-0.15, -0.1) is 0 Å². The van der Waals surface area contributed by atoms with Crippen molar-refractivity contribution in [3.05, 3.63) is 24.5 Å². The zero-order valence-corrected chi connectivity index (χ0v) is 8.99. The molecule has 3 heteroatoms. The number of aromatic nitrogens is 1. The molecule has 0 aliphatic heterocycles. The SMILES string of the molecule is CC(C)(C)OC(=O)CCn1cccc1. The van der Waals surface area contributed by atoms with Gasteiger partial charge in [-0.25, -0.2) is 0 Å². The Hall–Kier alpha value is -1.25. The van der Waals surface area contributed by atoms with Crippen LogP contribution in [0.2, 0.25) is 0 Å². The third-order valence-corrected chi connectivity index (χ3v) is 1.66. The number of nitrogens with zero attached hydrogens (tertiary/aromatic N) is 1. The second-order valence-electron chi connectivity index (χ2n) is 4.26. The van der Waals surface area contributed by atoms with Crippen LogP contribution in [0.15, 0.2) is 24.5 Å². The van der Waals surface area contributed by atoms with Gasteiger partial charge in [-0.05, 0) is 32.9 Å². The first-order valence-corrected chi connectivity index (χ1v) is 4.80. The molecule has 0 aromatic carbocycles. The monoisotopic (exact) mass is 195 g/mol. The first-order chi connectivity index (χ1) is 6.47. The summed E-state index contributed by atoms with van der Waals surface area (Å²) in [6.45, 7) is 6.31. The van der Waals surface area contributed by atoms with Crippen molar-refractivity contribution in [3.63, 3.8) is 0 Å². The topological polar surface area (TPSA) is 31.2 Å². The maximum absolute atomic E-state index is 11.3. The molecule has 0 fully saturated rings. The van der Waals surface area contributed by atoms with Crippen molar-refractivity contribution in [1.82, 2.24) is 4.57 Å². The Bertz CT molecular complexity index is 283. The highest BCUT2D eigenvalue weighted by Crippen LogP contribution is 2.08. The first kappa shape index (κ1) is 10.8. The van der Waals surface area contributed by atoms with E-state index in [4.69, 9.17) is 4.74 Å². The Kier molecular flexibility index (Phi) is 3.33. The minimum atomic E-state index is -0.381. The average molecular weight is 195 g/mol. The number of ether oxygens (including phenoxy) is 1. The van der Waals surface area contributed by atoms with Crippen LogP contribution in [0, 0.1) is 0 Å². The molecule has 1 aromatic heterocycles. The number of carbonyl (C=O) groups excluding carboxylic acids is 1. The van der Waals surface area contributed by atoms with Crippen molar-refractivity contribution < 1.29 is 9.53 Å². The smallest absolute Gasteiger partial charge is 0.308 e. The maximum atomic E-state index is 11.3. The molecule has 0 aliphatic carbocycles. The summed E-state index contributed by atoms with van der Waals surface area (Å²) in [5.41, 5.74) is -0.381. The number of rotatable bonds is 3. The maximum Gasteiger partial charge on any atom is 0.308 e. The van der Waals surface area contributed by atoms with E-state index in [2.05, 4.69) is 0 Å². The summed E-state index contributed by atoms with van der Waals surface area (Å²) in [5, 5.41) is 0. The molecule has 0 saturated heterocycles. The summed E-state index contributed by atoms with van der Waals surface area (Å²) in [6.07, 6.45) is 4.29. The number of hydrogen-bond acceptors (Lipinski definition) is 2. The lowest BCUT2D eigenvalue weighted by molar-refractivity contribution is -0.155. The zero-order valence-electron chi connectivity index (χ0n) is 8.99. The molecule has 78 valence electrons. The molecule has 0 N–H and O–H groups in total. The lowest BCUT2D eigenvalue weighted by Gasteiger charge is -2.19.